The number of ether oxygens (including phenoxy) is 1. The first-order valence-corrected chi connectivity index (χ1v) is 8.52. The van der Waals surface area contributed by atoms with Crippen LogP contribution in [0.2, 0.25) is 0 Å². The highest BCUT2D eigenvalue weighted by Crippen LogP contribution is 2.47. The molecule has 0 aromatic carbocycles. The van der Waals surface area contributed by atoms with Gasteiger partial charge in [0, 0.05) is 12.2 Å². The Morgan fingerprint density at radius 3 is 2.41 bits per heavy atom. The van der Waals surface area contributed by atoms with Crippen molar-refractivity contribution in [3.05, 3.63) is 11.3 Å². The van der Waals surface area contributed by atoms with Crippen molar-refractivity contribution in [2.45, 2.75) is 64.5 Å². The second kappa shape index (κ2) is 7.71. The van der Waals surface area contributed by atoms with Gasteiger partial charge >= 0.3 is 6.18 Å². The molecule has 22 heavy (non-hydrogen) atoms. The molecule has 0 aromatic rings. The molecule has 0 spiro atoms. The predicted octanol–water partition coefficient (Wildman–Crippen LogP) is 5.39. The molecule has 128 valence electrons. The number of fused-ring (bicyclic) bond motifs is 1. The Morgan fingerprint density at radius 1 is 1.05 bits per heavy atom. The van der Waals surface area contributed by atoms with E-state index in [0.29, 0.717) is 12.5 Å². The first-order valence-electron chi connectivity index (χ1n) is 8.52. The second-order valence-corrected chi connectivity index (χ2v) is 6.61. The smallest absolute Gasteiger partial charge is 0.448 e. The number of aliphatic hydroxyl groups excluding tert-OH is 1. The van der Waals surface area contributed by atoms with Gasteiger partial charge in [0.25, 0.3) is 0 Å². The maximum Gasteiger partial charge on any atom is 0.448 e. The molecule has 2 aliphatic carbocycles. The number of alkyl halides is 3. The van der Waals surface area contributed by atoms with Crippen LogP contribution in [0.1, 0.15) is 58.3 Å². The van der Waals surface area contributed by atoms with Crippen molar-refractivity contribution in [3.63, 3.8) is 0 Å². The quantitative estimate of drug-likeness (QED) is 0.703. The van der Waals surface area contributed by atoms with Gasteiger partial charge in [-0.2, -0.15) is 13.2 Å². The lowest BCUT2D eigenvalue weighted by Gasteiger charge is -2.39. The van der Waals surface area contributed by atoms with E-state index in [-0.39, 0.29) is 24.0 Å². The average molecular weight is 320 g/mol. The lowest BCUT2D eigenvalue weighted by molar-refractivity contribution is -0.124. The molecular formula is C17H27F3O2. The summed E-state index contributed by atoms with van der Waals surface area (Å²) in [6.07, 6.45) is 3.69. The molecule has 0 heterocycles. The molecule has 2 fully saturated rings. The second-order valence-electron chi connectivity index (χ2n) is 6.61. The Morgan fingerprint density at radius 2 is 1.73 bits per heavy atom. The first kappa shape index (κ1) is 17.6. The molecule has 3 unspecified atom stereocenters. The number of rotatable bonds is 4. The fraction of sp³-hybridized carbons (Fsp3) is 0.882. The van der Waals surface area contributed by atoms with Gasteiger partial charge in [-0.15, -0.1) is 0 Å². The lowest BCUT2D eigenvalue weighted by atomic mass is 9.67. The standard InChI is InChI=1S/C17H27F3O2/c1-2-22-11-15(16(21)17(18,19)20)14-10-6-8-12-7-4-3-5-9-13(12)14/h12-14,21H,2-11H2,1H3/b16-15-. The molecule has 0 aliphatic heterocycles. The van der Waals surface area contributed by atoms with Gasteiger partial charge in [0.1, 0.15) is 0 Å². The predicted molar refractivity (Wildman–Crippen MR) is 79.6 cm³/mol. The number of halogens is 3. The van der Waals surface area contributed by atoms with Crippen LogP contribution in [0.25, 0.3) is 0 Å². The molecule has 0 bridgehead atoms. The lowest BCUT2D eigenvalue weighted by Crippen LogP contribution is -2.32. The Labute approximate surface area is 130 Å². The first-order chi connectivity index (χ1) is 10.4. The van der Waals surface area contributed by atoms with Gasteiger partial charge in [-0.3, -0.25) is 0 Å². The zero-order valence-corrected chi connectivity index (χ0v) is 13.3. The van der Waals surface area contributed by atoms with E-state index in [9.17, 15) is 18.3 Å². The van der Waals surface area contributed by atoms with E-state index in [1.165, 1.54) is 12.8 Å². The molecule has 2 rings (SSSR count). The van der Waals surface area contributed by atoms with Crippen molar-refractivity contribution in [1.29, 1.82) is 0 Å². The largest absolute Gasteiger partial charge is 0.504 e. The summed E-state index contributed by atoms with van der Waals surface area (Å²) in [5.41, 5.74) is 0.0888. The zero-order chi connectivity index (χ0) is 16.2. The maximum absolute atomic E-state index is 13.0. The van der Waals surface area contributed by atoms with Gasteiger partial charge in [-0.1, -0.05) is 38.5 Å². The Bertz CT molecular complexity index is 390. The molecule has 2 aliphatic rings. The molecule has 0 aromatic heterocycles. The molecule has 3 atom stereocenters. The SMILES string of the molecule is CCOC/C(=C(/O)C(F)(F)F)C1CCCC2CCCCCC21. The molecule has 1 N–H and O–H groups in total. The van der Waals surface area contributed by atoms with Crippen LogP contribution in [-0.4, -0.2) is 24.5 Å². The van der Waals surface area contributed by atoms with E-state index in [1.807, 2.05) is 0 Å². The van der Waals surface area contributed by atoms with Crippen LogP contribution in [0.5, 0.6) is 0 Å². The van der Waals surface area contributed by atoms with Crippen LogP contribution in [0, 0.1) is 17.8 Å². The fourth-order valence-corrected chi connectivity index (χ4v) is 4.29. The third-order valence-electron chi connectivity index (χ3n) is 5.31. The topological polar surface area (TPSA) is 29.5 Å². The van der Waals surface area contributed by atoms with E-state index >= 15 is 0 Å². The highest BCUT2D eigenvalue weighted by Gasteiger charge is 2.42. The van der Waals surface area contributed by atoms with Crippen LogP contribution >= 0.6 is 0 Å². The molecule has 2 saturated carbocycles. The minimum atomic E-state index is -4.68. The molecule has 5 heteroatoms. The van der Waals surface area contributed by atoms with Crippen LogP contribution < -0.4 is 0 Å². The zero-order valence-electron chi connectivity index (χ0n) is 13.3. The third-order valence-corrected chi connectivity index (χ3v) is 5.31. The van der Waals surface area contributed by atoms with Crippen LogP contribution in [0.15, 0.2) is 11.3 Å². The van der Waals surface area contributed by atoms with Gasteiger partial charge in [0.05, 0.1) is 6.61 Å². The van der Waals surface area contributed by atoms with Crippen molar-refractivity contribution in [1.82, 2.24) is 0 Å². The van der Waals surface area contributed by atoms with Crippen molar-refractivity contribution < 1.29 is 23.0 Å². The van der Waals surface area contributed by atoms with Crippen molar-refractivity contribution in [2.75, 3.05) is 13.2 Å². The number of aliphatic hydroxyl groups is 1. The van der Waals surface area contributed by atoms with Gasteiger partial charge in [0.2, 0.25) is 0 Å². The molecule has 2 nitrogen and oxygen atoms in total. The minimum Gasteiger partial charge on any atom is -0.504 e. The summed E-state index contributed by atoms with van der Waals surface area (Å²) < 4.78 is 44.3. The van der Waals surface area contributed by atoms with E-state index in [1.54, 1.807) is 6.92 Å². The van der Waals surface area contributed by atoms with Gasteiger partial charge in [0.15, 0.2) is 5.76 Å². The van der Waals surface area contributed by atoms with E-state index < -0.39 is 11.9 Å². The molecule has 0 amide bonds. The Kier molecular flexibility index (Phi) is 6.18. The number of hydrogen-bond donors (Lipinski definition) is 1. The Balaban J connectivity index is 2.28. The molecular weight excluding hydrogens is 293 g/mol. The third kappa shape index (κ3) is 4.18. The number of hydrogen-bond acceptors (Lipinski definition) is 2. The monoisotopic (exact) mass is 320 g/mol. The summed E-state index contributed by atoms with van der Waals surface area (Å²) in [7, 11) is 0. The van der Waals surface area contributed by atoms with E-state index in [4.69, 9.17) is 4.74 Å². The normalized spacial score (nSPS) is 31.2. The summed E-state index contributed by atoms with van der Waals surface area (Å²) in [4.78, 5) is 0. The summed E-state index contributed by atoms with van der Waals surface area (Å²) in [5, 5.41) is 9.76. The van der Waals surface area contributed by atoms with Gasteiger partial charge in [-0.25, -0.2) is 0 Å². The van der Waals surface area contributed by atoms with Gasteiger partial charge < -0.3 is 9.84 Å². The van der Waals surface area contributed by atoms with E-state index in [0.717, 1.165) is 38.5 Å². The van der Waals surface area contributed by atoms with Crippen LogP contribution in [0.4, 0.5) is 13.2 Å². The molecule has 0 radical (unpaired) electrons. The van der Waals surface area contributed by atoms with Crippen molar-refractivity contribution in [3.8, 4) is 0 Å². The summed E-state index contributed by atoms with van der Waals surface area (Å²) in [6.45, 7) is 2.02. The summed E-state index contributed by atoms with van der Waals surface area (Å²) in [6, 6.07) is 0. The fourth-order valence-electron chi connectivity index (χ4n) is 4.29. The maximum atomic E-state index is 13.0. The van der Waals surface area contributed by atoms with Gasteiger partial charge in [-0.05, 0) is 37.5 Å². The highest BCUT2D eigenvalue weighted by atomic mass is 19.4. The average Bonchev–Trinajstić information content (AvgIpc) is 2.72. The highest BCUT2D eigenvalue weighted by molar-refractivity contribution is 5.18. The summed E-state index contributed by atoms with van der Waals surface area (Å²) >= 11 is 0. The summed E-state index contributed by atoms with van der Waals surface area (Å²) in [5.74, 6) is -0.795. The molecule has 0 saturated heterocycles. The minimum absolute atomic E-state index is 0.0888. The van der Waals surface area contributed by atoms with Crippen LogP contribution in [0.3, 0.4) is 0 Å². The number of allylic oxidation sites excluding steroid dienone is 1. The van der Waals surface area contributed by atoms with Crippen molar-refractivity contribution in [2.24, 2.45) is 17.8 Å². The van der Waals surface area contributed by atoms with Crippen molar-refractivity contribution >= 4 is 0 Å². The van der Waals surface area contributed by atoms with E-state index in [2.05, 4.69) is 0 Å². The Hall–Kier alpha value is -0.710. The van der Waals surface area contributed by atoms with Crippen LogP contribution in [-0.2, 0) is 4.74 Å².